The summed E-state index contributed by atoms with van der Waals surface area (Å²) in [6.07, 6.45) is 8.33. The number of allylic oxidation sites excluding steroid dienone is 4. The van der Waals surface area contributed by atoms with Crippen LogP contribution < -0.4 is 0 Å². The molecule has 179 valence electrons. The van der Waals surface area contributed by atoms with Gasteiger partial charge in [-0.25, -0.2) is 11.6 Å². The number of hydrogen-bond donors (Lipinski definition) is 1. The first-order chi connectivity index (χ1) is 15.2. The average molecular weight is 530 g/mol. The van der Waals surface area contributed by atoms with Gasteiger partial charge in [0.25, 0.3) is 0 Å². The van der Waals surface area contributed by atoms with E-state index >= 15 is 0 Å². The van der Waals surface area contributed by atoms with Crippen LogP contribution in [0.3, 0.4) is 0 Å². The molecule has 3 aromatic carbocycles. The summed E-state index contributed by atoms with van der Waals surface area (Å²) in [5, 5.41) is 9.36. The van der Waals surface area contributed by atoms with Gasteiger partial charge in [-0.05, 0) is 35.6 Å². The van der Waals surface area contributed by atoms with Crippen molar-refractivity contribution < 1.29 is 25.1 Å². The second kappa shape index (κ2) is 15.9. The Kier molecular flexibility index (Phi) is 15.0. The summed E-state index contributed by atoms with van der Waals surface area (Å²) in [5.41, 5.74) is 6.26. The molecule has 0 bridgehead atoms. The van der Waals surface area contributed by atoms with E-state index in [1.807, 2.05) is 25.1 Å². The van der Waals surface area contributed by atoms with Gasteiger partial charge in [0.2, 0.25) is 0 Å². The number of hydrogen-bond acceptors (Lipinski definition) is 1. The zero-order valence-corrected chi connectivity index (χ0v) is 23.8. The summed E-state index contributed by atoms with van der Waals surface area (Å²) in [6, 6.07) is 26.6. The second-order valence-corrected chi connectivity index (χ2v) is 9.66. The van der Waals surface area contributed by atoms with E-state index in [-0.39, 0.29) is 30.2 Å². The summed E-state index contributed by atoms with van der Waals surface area (Å²) in [7, 11) is 0. The molecule has 1 aliphatic rings. The van der Waals surface area contributed by atoms with E-state index < -0.39 is 0 Å². The van der Waals surface area contributed by atoms with Gasteiger partial charge >= 0.3 is 95.6 Å². The molecule has 0 aliphatic heterocycles. The molecule has 0 radical (unpaired) electrons. The van der Waals surface area contributed by atoms with Crippen molar-refractivity contribution in [2.45, 2.75) is 46.5 Å². The van der Waals surface area contributed by atoms with Crippen LogP contribution >= 0.6 is 24.8 Å². The van der Waals surface area contributed by atoms with Crippen LogP contribution in [-0.2, 0) is 25.4 Å². The Labute approximate surface area is 229 Å². The number of phenolic OH excluding ortho intramolecular Hbond substituents is 1. The van der Waals surface area contributed by atoms with Crippen molar-refractivity contribution in [2.24, 2.45) is 0 Å². The molecule has 0 aromatic heterocycles. The van der Waals surface area contributed by atoms with Crippen molar-refractivity contribution in [1.29, 1.82) is 0 Å². The Morgan fingerprint density at radius 3 is 1.65 bits per heavy atom. The third-order valence-electron chi connectivity index (χ3n) is 4.92. The number of phenols is 1. The van der Waals surface area contributed by atoms with E-state index in [4.69, 9.17) is 0 Å². The number of rotatable bonds is 2. The van der Waals surface area contributed by atoms with Gasteiger partial charge < -0.3 is 5.11 Å². The van der Waals surface area contributed by atoms with Crippen LogP contribution in [0.15, 0.2) is 96.6 Å². The molecule has 1 N–H and O–H groups in total. The Morgan fingerprint density at radius 2 is 1.32 bits per heavy atom. The average Bonchev–Trinajstić information content (AvgIpc) is 3.25. The van der Waals surface area contributed by atoms with Crippen molar-refractivity contribution >= 4 is 28.6 Å². The van der Waals surface area contributed by atoms with Crippen molar-refractivity contribution in [3.8, 4) is 5.75 Å². The fraction of sp³-hybridized carbons (Fsp3) is 0.233. The molecule has 0 unspecified atom stereocenters. The third-order valence-corrected chi connectivity index (χ3v) is 5.82. The van der Waals surface area contributed by atoms with Crippen LogP contribution in [0.1, 0.15) is 56.4 Å². The van der Waals surface area contributed by atoms with Crippen LogP contribution in [0.2, 0.25) is 0 Å². The van der Waals surface area contributed by atoms with E-state index in [1.54, 1.807) is 6.07 Å². The van der Waals surface area contributed by atoms with E-state index in [2.05, 4.69) is 120 Å². The zero-order chi connectivity index (χ0) is 23.6. The molecule has 1 nitrogen and oxygen atoms in total. The SMILES string of the molecule is CC1=[C-]CC=C1.Cc1cc(O)cc(C(C)(C)C)c1.Cl.Cl.[Ti+]=[C](c1ccccc1)c1ccccc1. The molecule has 3 aromatic rings. The first kappa shape index (κ1) is 32.1. The van der Waals surface area contributed by atoms with E-state index in [0.29, 0.717) is 5.75 Å². The molecule has 4 rings (SSSR count). The van der Waals surface area contributed by atoms with Crippen molar-refractivity contribution in [3.63, 3.8) is 0 Å². The van der Waals surface area contributed by atoms with Gasteiger partial charge in [0.15, 0.2) is 0 Å². The van der Waals surface area contributed by atoms with E-state index in [9.17, 15) is 5.11 Å². The van der Waals surface area contributed by atoms with Crippen LogP contribution in [0.4, 0.5) is 0 Å². The Balaban J connectivity index is 0.000000498. The van der Waals surface area contributed by atoms with Crippen LogP contribution in [0.25, 0.3) is 0 Å². The summed E-state index contributed by atoms with van der Waals surface area (Å²) in [5.74, 6) is 0.361. The minimum absolute atomic E-state index is 0. The first-order valence-corrected chi connectivity index (χ1v) is 11.7. The second-order valence-electron chi connectivity index (χ2n) is 8.88. The summed E-state index contributed by atoms with van der Waals surface area (Å²) in [4.78, 5) is 0. The summed E-state index contributed by atoms with van der Waals surface area (Å²) >= 11 is 2.16. The van der Waals surface area contributed by atoms with Gasteiger partial charge in [-0.1, -0.05) is 33.8 Å². The van der Waals surface area contributed by atoms with Crippen molar-refractivity contribution in [2.75, 3.05) is 0 Å². The van der Waals surface area contributed by atoms with Gasteiger partial charge in [0.1, 0.15) is 5.75 Å². The molecule has 0 amide bonds. The van der Waals surface area contributed by atoms with Gasteiger partial charge in [-0.2, -0.15) is 6.08 Å². The Morgan fingerprint density at radius 1 is 0.824 bits per heavy atom. The predicted octanol–water partition coefficient (Wildman–Crippen LogP) is 8.34. The molecule has 0 atom stereocenters. The first-order valence-electron chi connectivity index (χ1n) is 10.9. The summed E-state index contributed by atoms with van der Waals surface area (Å²) < 4.78 is 1.33. The maximum absolute atomic E-state index is 9.36. The number of benzene rings is 3. The normalized spacial score (nSPS) is 11.4. The molecule has 34 heavy (non-hydrogen) atoms. The van der Waals surface area contributed by atoms with Crippen molar-refractivity contribution in [3.05, 3.63) is 125 Å². The molecule has 0 heterocycles. The minimum atomic E-state index is 0. The monoisotopic (exact) mass is 529 g/mol. The molecule has 0 spiro atoms. The van der Waals surface area contributed by atoms with E-state index in [1.165, 1.54) is 26.1 Å². The van der Waals surface area contributed by atoms with Crippen molar-refractivity contribution in [1.82, 2.24) is 0 Å². The molecule has 1 aliphatic carbocycles. The molecular weight excluding hydrogens is 495 g/mol. The number of halogens is 2. The number of aryl methyl sites for hydroxylation is 1. The quantitative estimate of drug-likeness (QED) is 0.261. The van der Waals surface area contributed by atoms with Gasteiger partial charge in [0.05, 0.1) is 0 Å². The standard InChI is InChI=1S/C13H10.C11H16O.C6H7.2ClH.Ti/c1-3-7-12(8-4-1)11-13-9-5-2-6-10-13;1-8-5-9(11(2,3)4)7-10(12)6-8;1-6-4-2-3-5-6;;;/h1-10H;5-7,12H,1-4H3;2,4H,3H2,1H3;2*1H;/q;;-1;;;+1. The maximum atomic E-state index is 9.36. The fourth-order valence-electron chi connectivity index (χ4n) is 3.09. The topological polar surface area (TPSA) is 20.2 Å². The van der Waals surface area contributed by atoms with Gasteiger partial charge in [-0.3, -0.25) is 6.08 Å². The van der Waals surface area contributed by atoms with E-state index in [0.717, 1.165) is 12.0 Å². The molecule has 4 heteroatoms. The van der Waals surface area contributed by atoms with Crippen LogP contribution in [0.5, 0.6) is 5.75 Å². The zero-order valence-electron chi connectivity index (χ0n) is 20.6. The van der Waals surface area contributed by atoms with Crippen LogP contribution in [-0.4, -0.2) is 8.92 Å². The van der Waals surface area contributed by atoms with Crippen LogP contribution in [0, 0.1) is 13.0 Å². The molecule has 0 saturated carbocycles. The predicted molar refractivity (Wildman–Crippen MR) is 148 cm³/mol. The third kappa shape index (κ3) is 11.5. The number of aromatic hydroxyl groups is 1. The molecular formula is C30H35Cl2OTi. The molecule has 0 fully saturated rings. The Bertz CT molecular complexity index is 1000. The molecule has 0 saturated heterocycles. The fourth-order valence-corrected chi connectivity index (χ4v) is 3.61. The van der Waals surface area contributed by atoms with Gasteiger partial charge in [0, 0.05) is 0 Å². The van der Waals surface area contributed by atoms with Gasteiger partial charge in [-0.15, -0.1) is 31.2 Å². The summed E-state index contributed by atoms with van der Waals surface area (Å²) in [6.45, 7) is 10.5. The Hall–Kier alpha value is -1.90.